The largest absolute Gasteiger partial charge is 0.588 e. The Morgan fingerprint density at radius 3 is 2.42 bits per heavy atom. The second-order valence-electron chi connectivity index (χ2n) is 6.31. The van der Waals surface area contributed by atoms with Crippen molar-refractivity contribution < 1.29 is 33.1 Å². The van der Waals surface area contributed by atoms with Gasteiger partial charge in [-0.25, -0.2) is 0 Å². The summed E-state index contributed by atoms with van der Waals surface area (Å²) in [5.74, 6) is -0.876. The summed E-state index contributed by atoms with van der Waals surface area (Å²) in [5, 5.41) is 0.682. The van der Waals surface area contributed by atoms with E-state index in [0.29, 0.717) is 15.7 Å². The van der Waals surface area contributed by atoms with Gasteiger partial charge in [0.2, 0.25) is 11.5 Å². The molecule has 1 unspecified atom stereocenters. The van der Waals surface area contributed by atoms with Gasteiger partial charge in [-0.1, -0.05) is 13.0 Å². The molecular weight excluding hydrogens is 424 g/mol. The summed E-state index contributed by atoms with van der Waals surface area (Å²) >= 11 is -1.71. The van der Waals surface area contributed by atoms with Gasteiger partial charge < -0.3 is 23.5 Å². The molecule has 1 atom stereocenters. The molecule has 0 aromatic heterocycles. The van der Waals surface area contributed by atoms with E-state index in [1.165, 1.54) is 25.4 Å². The van der Waals surface area contributed by atoms with Crippen LogP contribution in [-0.2, 0) is 21.0 Å². The molecule has 164 valence electrons. The number of carbonyl (C=O) groups is 2. The van der Waals surface area contributed by atoms with Crippen LogP contribution in [0, 0.1) is 0 Å². The lowest BCUT2D eigenvalue weighted by Crippen LogP contribution is -2.28. The molecule has 1 heterocycles. The molecule has 0 saturated carbocycles. The molecule has 0 N–H and O–H groups in total. The summed E-state index contributed by atoms with van der Waals surface area (Å²) in [6.07, 6.45) is 5.03. The standard InChI is InChI=1S/C21H22N2O7S/c1-5-16(25)30-19-17-14(18(29-13(2)24)20(27-3)21(19)28-4)8-6-9-15(17)31(26)23-11-7-10-22-12-23/h6-11H,5,12H2,1-4H3. The minimum atomic E-state index is -1.71. The first kappa shape index (κ1) is 22.4. The predicted octanol–water partition coefficient (Wildman–Crippen LogP) is 2.98. The number of hydrogen-bond acceptors (Lipinski definition) is 9. The van der Waals surface area contributed by atoms with Crippen LogP contribution in [0.15, 0.2) is 40.4 Å². The van der Waals surface area contributed by atoms with E-state index in [1.54, 1.807) is 43.6 Å². The predicted molar refractivity (Wildman–Crippen MR) is 115 cm³/mol. The fraction of sp³-hybridized carbons (Fsp3) is 0.286. The number of rotatable bonds is 7. The third-order valence-electron chi connectivity index (χ3n) is 4.34. The molecule has 0 saturated heterocycles. The maximum Gasteiger partial charge on any atom is 0.311 e. The van der Waals surface area contributed by atoms with Crippen molar-refractivity contribution in [3.8, 4) is 23.0 Å². The van der Waals surface area contributed by atoms with Crippen LogP contribution in [0.25, 0.3) is 10.8 Å². The zero-order valence-corrected chi connectivity index (χ0v) is 18.4. The maximum absolute atomic E-state index is 13.4. The summed E-state index contributed by atoms with van der Waals surface area (Å²) in [6, 6.07) is 4.96. The minimum Gasteiger partial charge on any atom is -0.588 e. The van der Waals surface area contributed by atoms with Crippen molar-refractivity contribution >= 4 is 40.3 Å². The van der Waals surface area contributed by atoms with E-state index in [4.69, 9.17) is 18.9 Å². The molecule has 2 aromatic carbocycles. The molecule has 10 heteroatoms. The van der Waals surface area contributed by atoms with Crippen LogP contribution < -0.4 is 18.9 Å². The fourth-order valence-electron chi connectivity index (χ4n) is 3.05. The number of hydrogen-bond donors (Lipinski definition) is 0. The van der Waals surface area contributed by atoms with Crippen molar-refractivity contribution in [2.45, 2.75) is 25.2 Å². The Morgan fingerprint density at radius 1 is 1.13 bits per heavy atom. The molecule has 0 fully saturated rings. The quantitative estimate of drug-likeness (QED) is 0.363. The average molecular weight is 446 g/mol. The third kappa shape index (κ3) is 4.44. The van der Waals surface area contributed by atoms with Crippen LogP contribution in [0.2, 0.25) is 0 Å². The van der Waals surface area contributed by atoms with Crippen molar-refractivity contribution in [1.29, 1.82) is 0 Å². The Labute approximate surface area is 182 Å². The molecule has 3 rings (SSSR count). The zero-order valence-electron chi connectivity index (χ0n) is 17.5. The van der Waals surface area contributed by atoms with E-state index in [2.05, 4.69) is 4.99 Å². The minimum absolute atomic E-state index is 0.0329. The number of benzene rings is 2. The zero-order chi connectivity index (χ0) is 22.5. The van der Waals surface area contributed by atoms with Gasteiger partial charge in [-0.2, -0.15) is 4.31 Å². The Bertz CT molecular complexity index is 1070. The number of allylic oxidation sites excluding steroid dienone is 1. The van der Waals surface area contributed by atoms with Gasteiger partial charge in [0.05, 0.1) is 25.8 Å². The van der Waals surface area contributed by atoms with Gasteiger partial charge in [-0.3, -0.25) is 14.6 Å². The van der Waals surface area contributed by atoms with E-state index in [9.17, 15) is 14.1 Å². The maximum atomic E-state index is 13.4. The average Bonchev–Trinajstić information content (AvgIpc) is 2.79. The molecule has 2 aromatic rings. The van der Waals surface area contributed by atoms with E-state index in [1.807, 2.05) is 0 Å². The van der Waals surface area contributed by atoms with Crippen molar-refractivity contribution in [3.05, 3.63) is 30.5 Å². The highest BCUT2D eigenvalue weighted by molar-refractivity contribution is 7.89. The van der Waals surface area contributed by atoms with Crippen LogP contribution in [0.5, 0.6) is 23.0 Å². The Morgan fingerprint density at radius 2 is 1.84 bits per heavy atom. The van der Waals surface area contributed by atoms with Crippen molar-refractivity contribution in [2.75, 3.05) is 20.9 Å². The van der Waals surface area contributed by atoms with E-state index in [-0.39, 0.29) is 36.1 Å². The normalized spacial score (nSPS) is 13.8. The summed E-state index contributed by atoms with van der Waals surface area (Å²) in [7, 11) is 2.74. The Kier molecular flexibility index (Phi) is 7.03. The lowest BCUT2D eigenvalue weighted by atomic mass is 10.1. The second-order valence-corrected chi connectivity index (χ2v) is 7.71. The van der Waals surface area contributed by atoms with Crippen LogP contribution in [0.4, 0.5) is 0 Å². The fourth-order valence-corrected chi connectivity index (χ4v) is 4.22. The summed E-state index contributed by atoms with van der Waals surface area (Å²) in [4.78, 5) is 28.5. The van der Waals surface area contributed by atoms with Crippen LogP contribution in [-0.4, -0.2) is 47.9 Å². The SMILES string of the molecule is CCC(=O)Oc1c(OC)c(OC)c(OC(C)=O)c2cccc([S+]([O-])N3C=CC=NC3)c12. The van der Waals surface area contributed by atoms with Crippen LogP contribution in [0.3, 0.4) is 0 Å². The van der Waals surface area contributed by atoms with Gasteiger partial charge >= 0.3 is 11.9 Å². The number of ether oxygens (including phenoxy) is 4. The van der Waals surface area contributed by atoms with Crippen LogP contribution in [0.1, 0.15) is 20.3 Å². The number of nitrogens with zero attached hydrogens (tertiary/aromatic N) is 2. The van der Waals surface area contributed by atoms with Gasteiger partial charge in [0, 0.05) is 24.9 Å². The number of fused-ring (bicyclic) bond motifs is 1. The summed E-state index contributed by atoms with van der Waals surface area (Å²) in [6.45, 7) is 3.09. The molecule has 31 heavy (non-hydrogen) atoms. The molecule has 9 nitrogen and oxygen atoms in total. The van der Waals surface area contributed by atoms with Gasteiger partial charge in [0.15, 0.2) is 23.1 Å². The Balaban J connectivity index is 2.37. The molecular formula is C21H22N2O7S. The first-order valence-corrected chi connectivity index (χ1v) is 10.5. The van der Waals surface area contributed by atoms with E-state index >= 15 is 0 Å². The van der Waals surface area contributed by atoms with Crippen molar-refractivity contribution in [3.63, 3.8) is 0 Å². The number of esters is 2. The molecule has 0 bridgehead atoms. The van der Waals surface area contributed by atoms with E-state index in [0.717, 1.165) is 0 Å². The molecule has 1 aliphatic heterocycles. The first-order chi connectivity index (χ1) is 14.9. The monoisotopic (exact) mass is 446 g/mol. The van der Waals surface area contributed by atoms with Gasteiger partial charge in [-0.05, 0) is 18.2 Å². The highest BCUT2D eigenvalue weighted by atomic mass is 32.2. The third-order valence-corrected chi connectivity index (χ3v) is 5.72. The molecule has 0 aliphatic carbocycles. The molecule has 0 radical (unpaired) electrons. The van der Waals surface area contributed by atoms with Crippen molar-refractivity contribution in [1.82, 2.24) is 4.31 Å². The molecule has 0 amide bonds. The first-order valence-electron chi connectivity index (χ1n) is 9.37. The summed E-state index contributed by atoms with van der Waals surface area (Å²) < 4.78 is 36.9. The number of carbonyl (C=O) groups excluding carboxylic acids is 2. The lowest BCUT2D eigenvalue weighted by Gasteiger charge is -2.24. The van der Waals surface area contributed by atoms with Gasteiger partial charge in [0.25, 0.3) is 0 Å². The van der Waals surface area contributed by atoms with Crippen LogP contribution >= 0.6 is 0 Å². The van der Waals surface area contributed by atoms with Gasteiger partial charge in [0.1, 0.15) is 11.4 Å². The molecule has 1 aliphatic rings. The van der Waals surface area contributed by atoms with Crippen molar-refractivity contribution in [2.24, 2.45) is 4.99 Å². The second kappa shape index (κ2) is 9.71. The highest BCUT2D eigenvalue weighted by Gasteiger charge is 2.32. The number of methoxy groups -OCH3 is 2. The smallest absolute Gasteiger partial charge is 0.311 e. The topological polar surface area (TPSA) is 110 Å². The van der Waals surface area contributed by atoms with Gasteiger partial charge in [-0.15, -0.1) is 0 Å². The highest BCUT2D eigenvalue weighted by Crippen LogP contribution is 2.53. The summed E-state index contributed by atoms with van der Waals surface area (Å²) in [5.41, 5.74) is 0. The lowest BCUT2D eigenvalue weighted by molar-refractivity contribution is -0.134. The van der Waals surface area contributed by atoms with E-state index < -0.39 is 23.3 Å². The number of aliphatic imine (C=N–C) groups is 1. The molecule has 0 spiro atoms. The Hall–Kier alpha value is -3.24.